The van der Waals surface area contributed by atoms with Crippen LogP contribution in [-0.2, 0) is 0 Å². The highest BCUT2D eigenvalue weighted by atomic mass is 35.5. The van der Waals surface area contributed by atoms with Gasteiger partial charge in [-0.15, -0.1) is 0 Å². The number of hydrogen-bond donors (Lipinski definition) is 0. The van der Waals surface area contributed by atoms with Crippen molar-refractivity contribution < 1.29 is 9.18 Å². The van der Waals surface area contributed by atoms with Gasteiger partial charge in [-0.3, -0.25) is 4.79 Å². The topological polar surface area (TPSA) is 17.1 Å². The van der Waals surface area contributed by atoms with Gasteiger partial charge in [0.1, 0.15) is 5.82 Å². The molecule has 17 heavy (non-hydrogen) atoms. The second kappa shape index (κ2) is 5.63. The van der Waals surface area contributed by atoms with Crippen molar-refractivity contribution in [1.82, 2.24) is 0 Å². The fourth-order valence-corrected chi connectivity index (χ4v) is 2.72. The first-order valence-corrected chi connectivity index (χ1v) is 6.52. The Labute approximate surface area is 106 Å². The third-order valence-corrected chi connectivity index (χ3v) is 3.66. The van der Waals surface area contributed by atoms with Crippen molar-refractivity contribution >= 4 is 17.4 Å². The highest BCUT2D eigenvalue weighted by molar-refractivity contribution is 6.31. The van der Waals surface area contributed by atoms with E-state index in [0.29, 0.717) is 17.9 Å². The van der Waals surface area contributed by atoms with E-state index in [-0.39, 0.29) is 10.8 Å². The van der Waals surface area contributed by atoms with Crippen LogP contribution in [0.25, 0.3) is 0 Å². The van der Waals surface area contributed by atoms with Gasteiger partial charge in [0.15, 0.2) is 5.78 Å². The molecule has 0 spiro atoms. The summed E-state index contributed by atoms with van der Waals surface area (Å²) in [5.41, 5.74) is 0.396. The summed E-state index contributed by atoms with van der Waals surface area (Å²) >= 11 is 5.73. The predicted octanol–water partition coefficient (Wildman–Crippen LogP) is 4.63. The van der Waals surface area contributed by atoms with Crippen LogP contribution in [0.3, 0.4) is 0 Å². The minimum atomic E-state index is -0.443. The fourth-order valence-electron chi connectivity index (χ4n) is 2.49. The summed E-state index contributed by atoms with van der Waals surface area (Å²) in [6.45, 7) is 0. The SMILES string of the molecule is O=C(CCC1CCCC1)c1cc(F)cc(Cl)c1. The van der Waals surface area contributed by atoms with Gasteiger partial charge in [0, 0.05) is 17.0 Å². The number of Topliss-reactive ketones (excluding diaryl/α,β-unsaturated/α-hetero) is 1. The molecule has 0 atom stereocenters. The number of rotatable bonds is 4. The number of ketones is 1. The minimum absolute atomic E-state index is 0.00157. The third kappa shape index (κ3) is 3.53. The summed E-state index contributed by atoms with van der Waals surface area (Å²) in [6, 6.07) is 4.03. The first kappa shape index (κ1) is 12.6. The van der Waals surface area contributed by atoms with Crippen LogP contribution in [0.2, 0.25) is 5.02 Å². The minimum Gasteiger partial charge on any atom is -0.294 e. The maximum absolute atomic E-state index is 13.1. The molecule has 1 nitrogen and oxygen atoms in total. The van der Waals surface area contributed by atoms with E-state index in [1.165, 1.54) is 37.8 Å². The highest BCUT2D eigenvalue weighted by Crippen LogP contribution is 2.29. The molecular formula is C14H16ClFO. The van der Waals surface area contributed by atoms with Crippen molar-refractivity contribution in [1.29, 1.82) is 0 Å². The molecule has 0 saturated heterocycles. The molecule has 1 aromatic rings. The summed E-state index contributed by atoms with van der Waals surface area (Å²) in [6.07, 6.45) is 6.46. The van der Waals surface area contributed by atoms with E-state index in [0.717, 1.165) is 6.42 Å². The Morgan fingerprint density at radius 2 is 2.00 bits per heavy atom. The largest absolute Gasteiger partial charge is 0.294 e. The molecule has 0 N–H and O–H groups in total. The second-order valence-electron chi connectivity index (χ2n) is 4.77. The molecular weight excluding hydrogens is 239 g/mol. The Kier molecular flexibility index (Phi) is 4.16. The molecule has 1 aromatic carbocycles. The third-order valence-electron chi connectivity index (χ3n) is 3.44. The molecule has 0 aliphatic heterocycles. The Balaban J connectivity index is 1.94. The highest BCUT2D eigenvalue weighted by Gasteiger charge is 2.17. The first-order chi connectivity index (χ1) is 8.15. The molecule has 0 unspecified atom stereocenters. The molecule has 0 radical (unpaired) electrons. The van der Waals surface area contributed by atoms with Crippen LogP contribution in [0.1, 0.15) is 48.9 Å². The fraction of sp³-hybridized carbons (Fsp3) is 0.500. The average Bonchev–Trinajstić information content (AvgIpc) is 2.77. The molecule has 3 heteroatoms. The lowest BCUT2D eigenvalue weighted by Gasteiger charge is -2.07. The Morgan fingerprint density at radius 1 is 1.29 bits per heavy atom. The smallest absolute Gasteiger partial charge is 0.163 e. The van der Waals surface area contributed by atoms with E-state index in [1.54, 1.807) is 6.07 Å². The Hall–Kier alpha value is -0.890. The van der Waals surface area contributed by atoms with Gasteiger partial charge in [-0.25, -0.2) is 4.39 Å². The molecule has 1 aliphatic rings. The summed E-state index contributed by atoms with van der Waals surface area (Å²) in [7, 11) is 0. The standard InChI is InChI=1S/C14H16ClFO/c15-12-7-11(8-13(16)9-12)14(17)6-5-10-3-1-2-4-10/h7-10H,1-6H2. The van der Waals surface area contributed by atoms with Crippen LogP contribution in [0.5, 0.6) is 0 Å². The number of carbonyl (C=O) groups is 1. The van der Waals surface area contributed by atoms with E-state index in [1.807, 2.05) is 0 Å². The van der Waals surface area contributed by atoms with Crippen LogP contribution in [-0.4, -0.2) is 5.78 Å². The van der Waals surface area contributed by atoms with E-state index in [4.69, 9.17) is 11.6 Å². The summed E-state index contributed by atoms with van der Waals surface area (Å²) < 4.78 is 13.1. The number of hydrogen-bond acceptors (Lipinski definition) is 1. The molecule has 92 valence electrons. The van der Waals surface area contributed by atoms with Gasteiger partial charge in [-0.2, -0.15) is 0 Å². The van der Waals surface area contributed by atoms with Crippen LogP contribution in [0, 0.1) is 11.7 Å². The van der Waals surface area contributed by atoms with Crippen molar-refractivity contribution in [3.63, 3.8) is 0 Å². The van der Waals surface area contributed by atoms with Gasteiger partial charge in [-0.05, 0) is 30.5 Å². The van der Waals surface area contributed by atoms with Crippen molar-refractivity contribution in [2.75, 3.05) is 0 Å². The van der Waals surface area contributed by atoms with Gasteiger partial charge in [-0.1, -0.05) is 37.3 Å². The second-order valence-corrected chi connectivity index (χ2v) is 5.21. The van der Waals surface area contributed by atoms with Gasteiger partial charge < -0.3 is 0 Å². The van der Waals surface area contributed by atoms with E-state index in [2.05, 4.69) is 0 Å². The molecule has 1 saturated carbocycles. The molecule has 0 amide bonds. The van der Waals surface area contributed by atoms with E-state index >= 15 is 0 Å². The quantitative estimate of drug-likeness (QED) is 0.716. The first-order valence-electron chi connectivity index (χ1n) is 6.14. The molecule has 0 aromatic heterocycles. The lowest BCUT2D eigenvalue weighted by Crippen LogP contribution is -2.03. The number of carbonyl (C=O) groups excluding carboxylic acids is 1. The van der Waals surface area contributed by atoms with Crippen LogP contribution in [0.15, 0.2) is 18.2 Å². The van der Waals surface area contributed by atoms with Crippen molar-refractivity contribution in [2.24, 2.45) is 5.92 Å². The van der Waals surface area contributed by atoms with Gasteiger partial charge in [0.25, 0.3) is 0 Å². The zero-order valence-electron chi connectivity index (χ0n) is 9.72. The molecule has 1 aliphatic carbocycles. The lowest BCUT2D eigenvalue weighted by molar-refractivity contribution is 0.0973. The van der Waals surface area contributed by atoms with Crippen LogP contribution < -0.4 is 0 Å². The zero-order valence-corrected chi connectivity index (χ0v) is 10.5. The van der Waals surface area contributed by atoms with Gasteiger partial charge in [0.2, 0.25) is 0 Å². The maximum Gasteiger partial charge on any atom is 0.163 e. The van der Waals surface area contributed by atoms with Gasteiger partial charge in [0.05, 0.1) is 0 Å². The van der Waals surface area contributed by atoms with E-state index < -0.39 is 5.82 Å². The van der Waals surface area contributed by atoms with Crippen LogP contribution >= 0.6 is 11.6 Å². The predicted molar refractivity (Wildman–Crippen MR) is 66.9 cm³/mol. The number of halogens is 2. The molecule has 0 bridgehead atoms. The summed E-state index contributed by atoms with van der Waals surface area (Å²) in [5, 5.41) is 0.286. The Morgan fingerprint density at radius 3 is 2.65 bits per heavy atom. The summed E-state index contributed by atoms with van der Waals surface area (Å²) in [4.78, 5) is 11.9. The lowest BCUT2D eigenvalue weighted by atomic mass is 9.97. The van der Waals surface area contributed by atoms with Gasteiger partial charge >= 0.3 is 0 Å². The van der Waals surface area contributed by atoms with Crippen molar-refractivity contribution in [2.45, 2.75) is 38.5 Å². The van der Waals surface area contributed by atoms with Crippen molar-refractivity contribution in [3.05, 3.63) is 34.6 Å². The molecule has 0 heterocycles. The normalized spacial score (nSPS) is 16.4. The van der Waals surface area contributed by atoms with Crippen LogP contribution in [0.4, 0.5) is 4.39 Å². The van der Waals surface area contributed by atoms with Crippen molar-refractivity contribution in [3.8, 4) is 0 Å². The monoisotopic (exact) mass is 254 g/mol. The molecule has 1 fully saturated rings. The molecule has 2 rings (SSSR count). The average molecular weight is 255 g/mol. The summed E-state index contributed by atoms with van der Waals surface area (Å²) in [5.74, 6) is 0.239. The van der Waals surface area contributed by atoms with E-state index in [9.17, 15) is 9.18 Å². The maximum atomic E-state index is 13.1. The Bertz CT molecular complexity index is 390. The zero-order chi connectivity index (χ0) is 12.3. The number of benzene rings is 1.